The van der Waals surface area contributed by atoms with E-state index in [4.69, 9.17) is 4.74 Å². The van der Waals surface area contributed by atoms with Crippen molar-refractivity contribution in [2.45, 2.75) is 20.8 Å². The van der Waals surface area contributed by atoms with Gasteiger partial charge in [-0.25, -0.2) is 0 Å². The van der Waals surface area contributed by atoms with Gasteiger partial charge in [0.15, 0.2) is 0 Å². The van der Waals surface area contributed by atoms with Gasteiger partial charge in [-0.05, 0) is 69.3 Å². The zero-order valence-electron chi connectivity index (χ0n) is 17.9. The average Bonchev–Trinajstić information content (AvgIpc) is 3.13. The molecule has 0 aliphatic heterocycles. The molecule has 5 heteroatoms. The minimum absolute atomic E-state index is 0.183. The SMILES string of the molecule is CCOc1ccccc1NC(=O)c1ccc(-c2ncccc2-n2c(C)ccc2C)cc1. The van der Waals surface area contributed by atoms with Gasteiger partial charge in [-0.15, -0.1) is 0 Å². The van der Waals surface area contributed by atoms with Crippen molar-refractivity contribution in [1.82, 2.24) is 9.55 Å². The molecule has 156 valence electrons. The highest BCUT2D eigenvalue weighted by molar-refractivity contribution is 6.05. The molecule has 0 fully saturated rings. The topological polar surface area (TPSA) is 56.1 Å². The molecule has 5 nitrogen and oxygen atoms in total. The van der Waals surface area contributed by atoms with Gasteiger partial charge >= 0.3 is 0 Å². The molecule has 0 saturated carbocycles. The van der Waals surface area contributed by atoms with E-state index in [0.29, 0.717) is 23.6 Å². The maximum absolute atomic E-state index is 12.8. The van der Waals surface area contributed by atoms with Crippen molar-refractivity contribution in [3.8, 4) is 22.7 Å². The Hall–Kier alpha value is -3.86. The molecule has 1 N–H and O–H groups in total. The van der Waals surface area contributed by atoms with E-state index in [1.54, 1.807) is 6.20 Å². The van der Waals surface area contributed by atoms with Gasteiger partial charge in [0, 0.05) is 28.7 Å². The van der Waals surface area contributed by atoms with Crippen LogP contribution in [0.15, 0.2) is 79.0 Å². The number of hydrogen-bond donors (Lipinski definition) is 1. The van der Waals surface area contributed by atoms with E-state index >= 15 is 0 Å². The number of nitrogens with zero attached hydrogens (tertiary/aromatic N) is 2. The first-order valence-corrected chi connectivity index (χ1v) is 10.3. The van der Waals surface area contributed by atoms with Gasteiger partial charge in [0.25, 0.3) is 5.91 Å². The molecule has 0 saturated heterocycles. The molecule has 0 atom stereocenters. The molecule has 0 bridgehead atoms. The maximum atomic E-state index is 12.8. The number of hydrogen-bond acceptors (Lipinski definition) is 3. The molecule has 4 aromatic rings. The second-order valence-corrected chi connectivity index (χ2v) is 7.28. The van der Waals surface area contributed by atoms with Crippen LogP contribution in [-0.4, -0.2) is 22.1 Å². The molecule has 4 rings (SSSR count). The number of aryl methyl sites for hydroxylation is 2. The molecule has 2 aromatic carbocycles. The second kappa shape index (κ2) is 8.88. The molecule has 2 heterocycles. The Kier molecular flexibility index (Phi) is 5.85. The van der Waals surface area contributed by atoms with Gasteiger partial charge in [-0.1, -0.05) is 24.3 Å². The number of benzene rings is 2. The van der Waals surface area contributed by atoms with Crippen LogP contribution in [0.4, 0.5) is 5.69 Å². The molecule has 0 spiro atoms. The summed E-state index contributed by atoms with van der Waals surface area (Å²) in [7, 11) is 0. The Morgan fingerprint density at radius 2 is 1.65 bits per heavy atom. The van der Waals surface area contributed by atoms with Crippen LogP contribution < -0.4 is 10.1 Å². The summed E-state index contributed by atoms with van der Waals surface area (Å²) in [5.74, 6) is 0.475. The van der Waals surface area contributed by atoms with E-state index < -0.39 is 0 Å². The highest BCUT2D eigenvalue weighted by Crippen LogP contribution is 2.28. The molecule has 2 aromatic heterocycles. The van der Waals surface area contributed by atoms with E-state index in [0.717, 1.165) is 28.3 Å². The van der Waals surface area contributed by atoms with E-state index in [9.17, 15) is 4.79 Å². The van der Waals surface area contributed by atoms with Gasteiger partial charge in [0.05, 0.1) is 23.7 Å². The lowest BCUT2D eigenvalue weighted by molar-refractivity contribution is 0.102. The van der Waals surface area contributed by atoms with Crippen molar-refractivity contribution < 1.29 is 9.53 Å². The normalized spacial score (nSPS) is 10.7. The molecular formula is C26H25N3O2. The minimum Gasteiger partial charge on any atom is -0.492 e. The molecule has 1 amide bonds. The van der Waals surface area contributed by atoms with Crippen LogP contribution in [0.1, 0.15) is 28.7 Å². The van der Waals surface area contributed by atoms with Crippen LogP contribution in [0.25, 0.3) is 16.9 Å². The summed E-state index contributed by atoms with van der Waals surface area (Å²) in [4.78, 5) is 17.4. The van der Waals surface area contributed by atoms with E-state index in [1.165, 1.54) is 0 Å². The van der Waals surface area contributed by atoms with Crippen molar-refractivity contribution in [3.05, 3.63) is 95.9 Å². The first kappa shape index (κ1) is 20.4. The minimum atomic E-state index is -0.183. The highest BCUT2D eigenvalue weighted by atomic mass is 16.5. The predicted molar refractivity (Wildman–Crippen MR) is 124 cm³/mol. The Bertz CT molecular complexity index is 1190. The number of rotatable bonds is 6. The third-order valence-corrected chi connectivity index (χ3v) is 5.15. The number of ether oxygens (including phenoxy) is 1. The van der Waals surface area contributed by atoms with Crippen LogP contribution in [-0.2, 0) is 0 Å². The van der Waals surface area contributed by atoms with Crippen LogP contribution in [0.2, 0.25) is 0 Å². The Morgan fingerprint density at radius 1 is 0.935 bits per heavy atom. The van der Waals surface area contributed by atoms with Crippen LogP contribution >= 0.6 is 0 Å². The summed E-state index contributed by atoms with van der Waals surface area (Å²) >= 11 is 0. The summed E-state index contributed by atoms with van der Waals surface area (Å²) in [6, 6.07) is 23.1. The summed E-state index contributed by atoms with van der Waals surface area (Å²) in [6.07, 6.45) is 1.79. The average molecular weight is 412 g/mol. The van der Waals surface area contributed by atoms with Crippen molar-refractivity contribution in [2.75, 3.05) is 11.9 Å². The molecule has 31 heavy (non-hydrogen) atoms. The van der Waals surface area contributed by atoms with Crippen LogP contribution in [0.5, 0.6) is 5.75 Å². The summed E-state index contributed by atoms with van der Waals surface area (Å²) in [5.41, 5.74) is 6.37. The molecular weight excluding hydrogens is 386 g/mol. The standard InChI is InChI=1S/C26H25N3O2/c1-4-31-24-10-6-5-8-22(24)28-26(30)21-15-13-20(14-16-21)25-23(9-7-17-27-25)29-18(2)11-12-19(29)3/h5-17H,4H2,1-3H3,(H,28,30). The number of para-hydroxylation sites is 2. The van der Waals surface area contributed by atoms with Crippen molar-refractivity contribution >= 4 is 11.6 Å². The Balaban J connectivity index is 1.61. The lowest BCUT2D eigenvalue weighted by Gasteiger charge is -2.14. The van der Waals surface area contributed by atoms with Gasteiger partial charge in [0.1, 0.15) is 5.75 Å². The fraction of sp³-hybridized carbons (Fsp3) is 0.154. The van der Waals surface area contributed by atoms with Crippen molar-refractivity contribution in [3.63, 3.8) is 0 Å². The van der Waals surface area contributed by atoms with Gasteiger partial charge in [-0.2, -0.15) is 0 Å². The van der Waals surface area contributed by atoms with E-state index in [-0.39, 0.29) is 5.91 Å². The quantitative estimate of drug-likeness (QED) is 0.436. The second-order valence-electron chi connectivity index (χ2n) is 7.28. The Morgan fingerprint density at radius 3 is 2.35 bits per heavy atom. The summed E-state index contributed by atoms with van der Waals surface area (Å²) in [6.45, 7) is 6.61. The fourth-order valence-electron chi connectivity index (χ4n) is 3.67. The monoisotopic (exact) mass is 411 g/mol. The number of carbonyl (C=O) groups excluding carboxylic acids is 1. The van der Waals surface area contributed by atoms with Gasteiger partial charge in [-0.3, -0.25) is 9.78 Å². The zero-order chi connectivity index (χ0) is 21.8. The van der Waals surface area contributed by atoms with Gasteiger partial charge in [0.2, 0.25) is 0 Å². The first-order chi connectivity index (χ1) is 15.1. The molecule has 0 aliphatic rings. The van der Waals surface area contributed by atoms with E-state index in [2.05, 4.69) is 46.9 Å². The van der Waals surface area contributed by atoms with Crippen molar-refractivity contribution in [2.24, 2.45) is 0 Å². The van der Waals surface area contributed by atoms with E-state index in [1.807, 2.05) is 61.5 Å². The lowest BCUT2D eigenvalue weighted by atomic mass is 10.1. The zero-order valence-corrected chi connectivity index (χ0v) is 17.9. The number of anilines is 1. The number of amides is 1. The number of aromatic nitrogens is 2. The molecule has 0 unspecified atom stereocenters. The summed E-state index contributed by atoms with van der Waals surface area (Å²) < 4.78 is 7.78. The number of pyridine rings is 1. The molecule has 0 aliphatic carbocycles. The fourth-order valence-corrected chi connectivity index (χ4v) is 3.67. The smallest absolute Gasteiger partial charge is 0.255 e. The maximum Gasteiger partial charge on any atom is 0.255 e. The predicted octanol–water partition coefficient (Wildman–Crippen LogP) is 5.81. The highest BCUT2D eigenvalue weighted by Gasteiger charge is 2.14. The number of carbonyl (C=O) groups is 1. The third kappa shape index (κ3) is 4.21. The largest absolute Gasteiger partial charge is 0.492 e. The first-order valence-electron chi connectivity index (χ1n) is 10.3. The third-order valence-electron chi connectivity index (χ3n) is 5.15. The van der Waals surface area contributed by atoms with Crippen LogP contribution in [0.3, 0.4) is 0 Å². The lowest BCUT2D eigenvalue weighted by Crippen LogP contribution is -2.13. The van der Waals surface area contributed by atoms with Gasteiger partial charge < -0.3 is 14.6 Å². The molecule has 0 radical (unpaired) electrons. The van der Waals surface area contributed by atoms with Crippen LogP contribution in [0, 0.1) is 13.8 Å². The number of nitrogens with one attached hydrogen (secondary N) is 1. The Labute approximate surface area is 182 Å². The van der Waals surface area contributed by atoms with Crippen molar-refractivity contribution in [1.29, 1.82) is 0 Å². The summed E-state index contributed by atoms with van der Waals surface area (Å²) in [5, 5.41) is 2.94.